The molecule has 0 radical (unpaired) electrons. The highest BCUT2D eigenvalue weighted by Gasteiger charge is 2.43. The molecule has 1 aliphatic rings. The standard InChI is InChI=1S/C16H32O3/c1-7-9-12(3)13(8-2)10-14-16(4,5)19-15(18-14)11-17-6/h12-15H,7-11H2,1-6H3/t12-,13+,14+,15+/m1/s1. The molecule has 1 fully saturated rings. The molecule has 4 atom stereocenters. The summed E-state index contributed by atoms with van der Waals surface area (Å²) in [7, 11) is 1.69. The first-order chi connectivity index (χ1) is 8.94. The van der Waals surface area contributed by atoms with Gasteiger partial charge in [0, 0.05) is 7.11 Å². The molecule has 0 N–H and O–H groups in total. The molecule has 0 amide bonds. The van der Waals surface area contributed by atoms with E-state index in [1.165, 1.54) is 19.3 Å². The molecule has 1 heterocycles. The fraction of sp³-hybridized carbons (Fsp3) is 1.00. The smallest absolute Gasteiger partial charge is 0.182 e. The second-order valence-corrected chi connectivity index (χ2v) is 6.40. The molecule has 0 bridgehead atoms. The van der Waals surface area contributed by atoms with Gasteiger partial charge in [-0.15, -0.1) is 0 Å². The summed E-state index contributed by atoms with van der Waals surface area (Å²) < 4.78 is 17.1. The van der Waals surface area contributed by atoms with Crippen LogP contribution in [-0.2, 0) is 14.2 Å². The first-order valence-corrected chi connectivity index (χ1v) is 7.76. The Morgan fingerprint density at radius 1 is 1.26 bits per heavy atom. The molecular weight excluding hydrogens is 240 g/mol. The Morgan fingerprint density at radius 3 is 2.47 bits per heavy atom. The van der Waals surface area contributed by atoms with Crippen LogP contribution in [0.3, 0.4) is 0 Å². The molecule has 3 nitrogen and oxygen atoms in total. The van der Waals surface area contributed by atoms with Crippen molar-refractivity contribution in [3.63, 3.8) is 0 Å². The lowest BCUT2D eigenvalue weighted by atomic mass is 9.81. The van der Waals surface area contributed by atoms with E-state index in [4.69, 9.17) is 14.2 Å². The second kappa shape index (κ2) is 7.61. The van der Waals surface area contributed by atoms with Gasteiger partial charge in [0.15, 0.2) is 6.29 Å². The van der Waals surface area contributed by atoms with Crippen LogP contribution >= 0.6 is 0 Å². The van der Waals surface area contributed by atoms with Gasteiger partial charge >= 0.3 is 0 Å². The molecule has 0 spiro atoms. The molecule has 3 heteroatoms. The van der Waals surface area contributed by atoms with E-state index >= 15 is 0 Å². The summed E-state index contributed by atoms with van der Waals surface area (Å²) in [5.41, 5.74) is -0.206. The van der Waals surface area contributed by atoms with Gasteiger partial charge in [-0.3, -0.25) is 0 Å². The molecular formula is C16H32O3. The van der Waals surface area contributed by atoms with Gasteiger partial charge in [-0.1, -0.05) is 40.0 Å². The zero-order chi connectivity index (χ0) is 14.5. The first kappa shape index (κ1) is 16.9. The third-order valence-electron chi connectivity index (χ3n) is 4.42. The molecule has 0 aromatic carbocycles. The van der Waals surface area contributed by atoms with E-state index in [0.717, 1.165) is 12.3 Å². The maximum Gasteiger partial charge on any atom is 0.182 e. The lowest BCUT2D eigenvalue weighted by Crippen LogP contribution is -2.35. The molecule has 0 unspecified atom stereocenters. The van der Waals surface area contributed by atoms with Crippen molar-refractivity contribution in [3.05, 3.63) is 0 Å². The Kier molecular flexibility index (Phi) is 6.78. The first-order valence-electron chi connectivity index (χ1n) is 7.76. The molecule has 0 aliphatic carbocycles. The minimum atomic E-state index is -0.206. The number of methoxy groups -OCH3 is 1. The number of hydrogen-bond acceptors (Lipinski definition) is 3. The van der Waals surface area contributed by atoms with Crippen molar-refractivity contribution in [1.82, 2.24) is 0 Å². The fourth-order valence-corrected chi connectivity index (χ4v) is 3.11. The van der Waals surface area contributed by atoms with Crippen molar-refractivity contribution >= 4 is 0 Å². The minimum absolute atomic E-state index is 0.178. The van der Waals surface area contributed by atoms with E-state index in [1.807, 2.05) is 0 Å². The van der Waals surface area contributed by atoms with Crippen LogP contribution in [0.4, 0.5) is 0 Å². The average Bonchev–Trinajstić information content (AvgIpc) is 2.61. The van der Waals surface area contributed by atoms with Crippen molar-refractivity contribution in [2.75, 3.05) is 13.7 Å². The second-order valence-electron chi connectivity index (χ2n) is 6.40. The van der Waals surface area contributed by atoms with Crippen molar-refractivity contribution in [2.24, 2.45) is 11.8 Å². The normalized spacial score (nSPS) is 29.4. The molecule has 1 saturated heterocycles. The van der Waals surface area contributed by atoms with Gasteiger partial charge in [0.1, 0.15) is 0 Å². The SMILES string of the molecule is CCC[C@@H](C)[C@@H](CC)C[C@@H]1O[C@H](COC)OC1(C)C. The number of ether oxygens (including phenoxy) is 3. The highest BCUT2D eigenvalue weighted by molar-refractivity contribution is 4.88. The Morgan fingerprint density at radius 2 is 1.95 bits per heavy atom. The van der Waals surface area contributed by atoms with E-state index in [9.17, 15) is 0 Å². The van der Waals surface area contributed by atoms with Crippen LogP contribution in [-0.4, -0.2) is 31.7 Å². The van der Waals surface area contributed by atoms with Crippen LogP contribution in [0.15, 0.2) is 0 Å². The Balaban J connectivity index is 2.58. The summed E-state index contributed by atoms with van der Waals surface area (Å²) in [6.45, 7) is 11.7. The zero-order valence-electron chi connectivity index (χ0n) is 13.6. The van der Waals surface area contributed by atoms with Crippen LogP contribution in [0.2, 0.25) is 0 Å². The maximum atomic E-state index is 6.03. The lowest BCUT2D eigenvalue weighted by Gasteiger charge is -2.30. The average molecular weight is 272 g/mol. The third kappa shape index (κ3) is 4.73. The quantitative estimate of drug-likeness (QED) is 0.668. The highest BCUT2D eigenvalue weighted by Crippen LogP contribution is 2.36. The van der Waals surface area contributed by atoms with Gasteiger partial charge < -0.3 is 14.2 Å². The zero-order valence-corrected chi connectivity index (χ0v) is 13.6. The van der Waals surface area contributed by atoms with Gasteiger partial charge in [-0.05, 0) is 32.1 Å². The van der Waals surface area contributed by atoms with E-state index in [0.29, 0.717) is 12.5 Å². The fourth-order valence-electron chi connectivity index (χ4n) is 3.11. The van der Waals surface area contributed by atoms with Crippen LogP contribution in [0.25, 0.3) is 0 Å². The van der Waals surface area contributed by atoms with Crippen molar-refractivity contribution in [1.29, 1.82) is 0 Å². The Bertz CT molecular complexity index is 252. The van der Waals surface area contributed by atoms with Gasteiger partial charge in [0.05, 0.1) is 18.3 Å². The van der Waals surface area contributed by atoms with E-state index in [-0.39, 0.29) is 18.0 Å². The van der Waals surface area contributed by atoms with Gasteiger partial charge in [0.25, 0.3) is 0 Å². The Hall–Kier alpha value is -0.120. The molecule has 19 heavy (non-hydrogen) atoms. The van der Waals surface area contributed by atoms with Crippen molar-refractivity contribution < 1.29 is 14.2 Å². The summed E-state index contributed by atoms with van der Waals surface area (Å²) >= 11 is 0. The predicted octanol–water partition coefficient (Wildman–Crippen LogP) is 4.01. The van der Waals surface area contributed by atoms with Crippen molar-refractivity contribution in [3.8, 4) is 0 Å². The summed E-state index contributed by atoms with van der Waals surface area (Å²) in [6, 6.07) is 0. The highest BCUT2D eigenvalue weighted by atomic mass is 16.8. The molecule has 114 valence electrons. The van der Waals surface area contributed by atoms with E-state index in [1.54, 1.807) is 7.11 Å². The van der Waals surface area contributed by atoms with E-state index < -0.39 is 0 Å². The topological polar surface area (TPSA) is 27.7 Å². The Labute approximate surface area is 119 Å². The minimum Gasteiger partial charge on any atom is -0.379 e. The predicted molar refractivity (Wildman–Crippen MR) is 78.2 cm³/mol. The molecule has 0 aromatic rings. The van der Waals surface area contributed by atoms with Gasteiger partial charge in [-0.2, -0.15) is 0 Å². The molecule has 0 saturated carbocycles. The van der Waals surface area contributed by atoms with Gasteiger partial charge in [-0.25, -0.2) is 0 Å². The van der Waals surface area contributed by atoms with Crippen LogP contribution in [0, 0.1) is 11.8 Å². The summed E-state index contributed by atoms with van der Waals surface area (Å²) in [4.78, 5) is 0. The number of rotatable bonds is 8. The third-order valence-corrected chi connectivity index (χ3v) is 4.42. The lowest BCUT2D eigenvalue weighted by molar-refractivity contribution is -0.115. The summed E-state index contributed by atoms with van der Waals surface area (Å²) in [6.07, 6.45) is 4.83. The van der Waals surface area contributed by atoms with Crippen molar-refractivity contribution in [2.45, 2.75) is 78.3 Å². The van der Waals surface area contributed by atoms with Gasteiger partial charge in [0.2, 0.25) is 0 Å². The number of hydrogen-bond donors (Lipinski definition) is 0. The van der Waals surface area contributed by atoms with E-state index in [2.05, 4.69) is 34.6 Å². The molecule has 0 aromatic heterocycles. The molecule has 1 aliphatic heterocycles. The summed E-state index contributed by atoms with van der Waals surface area (Å²) in [5, 5.41) is 0. The maximum absolute atomic E-state index is 6.03. The summed E-state index contributed by atoms with van der Waals surface area (Å²) in [5.74, 6) is 1.48. The largest absolute Gasteiger partial charge is 0.379 e. The molecule has 1 rings (SSSR count). The monoisotopic (exact) mass is 272 g/mol. The van der Waals surface area contributed by atoms with Crippen LogP contribution in [0.1, 0.15) is 60.3 Å². The van der Waals surface area contributed by atoms with Crippen LogP contribution in [0.5, 0.6) is 0 Å². The van der Waals surface area contributed by atoms with Crippen LogP contribution < -0.4 is 0 Å².